The average molecular weight is 395 g/mol. The Hall–Kier alpha value is -2.92. The van der Waals surface area contributed by atoms with Crippen LogP contribution in [0.15, 0.2) is 60.2 Å². The Morgan fingerprint density at radius 2 is 1.64 bits per heavy atom. The van der Waals surface area contributed by atoms with Crippen LogP contribution in [-0.2, 0) is 9.59 Å². The van der Waals surface area contributed by atoms with Crippen molar-refractivity contribution in [2.75, 3.05) is 10.2 Å². The van der Waals surface area contributed by atoms with Crippen molar-refractivity contribution in [3.63, 3.8) is 0 Å². The molecule has 0 spiro atoms. The maximum atomic E-state index is 12.8. The topological polar surface area (TPSA) is 66.5 Å². The summed E-state index contributed by atoms with van der Waals surface area (Å²) in [7, 11) is 0. The van der Waals surface area contributed by atoms with E-state index in [-0.39, 0.29) is 29.6 Å². The Balaban J connectivity index is 1.50. The summed E-state index contributed by atoms with van der Waals surface area (Å²) in [5, 5.41) is 3.38. The average Bonchev–Trinajstić information content (AvgIpc) is 2.93. The zero-order valence-corrected chi connectivity index (χ0v) is 16.1. The normalized spacial score (nSPS) is 21.4. The lowest BCUT2D eigenvalue weighted by atomic mass is 9.82. The van der Waals surface area contributed by atoms with Gasteiger partial charge in [-0.1, -0.05) is 23.3 Å². The molecule has 28 heavy (non-hydrogen) atoms. The van der Waals surface area contributed by atoms with Gasteiger partial charge < -0.3 is 5.32 Å². The van der Waals surface area contributed by atoms with Gasteiger partial charge in [0.05, 0.1) is 17.5 Å². The minimum atomic E-state index is -0.276. The maximum Gasteiger partial charge on any atom is 0.255 e. The number of carbonyl (C=O) groups excluding carboxylic acids is 3. The third-order valence-electron chi connectivity index (χ3n) is 5.31. The first-order valence-corrected chi connectivity index (χ1v) is 9.52. The quantitative estimate of drug-likeness (QED) is 0.618. The van der Waals surface area contributed by atoms with Crippen LogP contribution in [0.25, 0.3) is 0 Å². The van der Waals surface area contributed by atoms with Crippen LogP contribution < -0.4 is 10.2 Å². The van der Waals surface area contributed by atoms with Gasteiger partial charge in [-0.05, 0) is 68.3 Å². The zero-order chi connectivity index (χ0) is 19.8. The van der Waals surface area contributed by atoms with Crippen molar-refractivity contribution in [1.82, 2.24) is 0 Å². The van der Waals surface area contributed by atoms with Gasteiger partial charge in [0.15, 0.2) is 0 Å². The molecule has 2 aromatic carbocycles. The highest BCUT2D eigenvalue weighted by atomic mass is 35.5. The summed E-state index contributed by atoms with van der Waals surface area (Å²) in [6.07, 6.45) is 3.28. The van der Waals surface area contributed by atoms with Gasteiger partial charge in [-0.25, -0.2) is 0 Å². The highest BCUT2D eigenvalue weighted by Gasteiger charge is 2.48. The smallest absolute Gasteiger partial charge is 0.255 e. The second kappa shape index (κ2) is 7.24. The Labute approximate surface area is 168 Å². The summed E-state index contributed by atoms with van der Waals surface area (Å²) in [6, 6.07) is 13.3. The lowest BCUT2D eigenvalue weighted by Crippen LogP contribution is -2.30. The Kier molecular flexibility index (Phi) is 4.77. The third kappa shape index (κ3) is 3.34. The molecule has 1 N–H and O–H groups in total. The van der Waals surface area contributed by atoms with Gasteiger partial charge >= 0.3 is 0 Å². The van der Waals surface area contributed by atoms with E-state index in [1.807, 2.05) is 13.0 Å². The number of anilines is 2. The fraction of sp³-hybridized carbons (Fsp3) is 0.227. The number of hydrogen-bond acceptors (Lipinski definition) is 3. The largest absolute Gasteiger partial charge is 0.322 e. The van der Waals surface area contributed by atoms with E-state index in [2.05, 4.69) is 5.32 Å². The minimum Gasteiger partial charge on any atom is -0.322 e. The number of fused-ring (bicyclic) bond motifs is 1. The van der Waals surface area contributed by atoms with Crippen LogP contribution in [0.5, 0.6) is 0 Å². The lowest BCUT2D eigenvalue weighted by Gasteiger charge is -2.18. The first-order valence-electron chi connectivity index (χ1n) is 9.14. The number of halogens is 1. The van der Waals surface area contributed by atoms with E-state index in [1.54, 1.807) is 48.5 Å². The van der Waals surface area contributed by atoms with Crippen LogP contribution in [0.4, 0.5) is 11.4 Å². The van der Waals surface area contributed by atoms with Gasteiger partial charge in [-0.2, -0.15) is 0 Å². The molecule has 0 aromatic heterocycles. The standard InChI is InChI=1S/C22H19ClN2O3/c1-13-2-11-18-19(12-13)22(28)25(21(18)27)17-9-3-14(4-10-17)20(26)24-16-7-5-15(23)6-8-16/h2-10,18-19H,11-12H2,1H3,(H,24,26)/t18-,19+/m1/s1. The summed E-state index contributed by atoms with van der Waals surface area (Å²) in [5.74, 6) is -1.13. The van der Waals surface area contributed by atoms with Crippen molar-refractivity contribution in [2.24, 2.45) is 11.8 Å². The molecule has 0 unspecified atom stereocenters. The van der Waals surface area contributed by atoms with E-state index in [9.17, 15) is 14.4 Å². The number of rotatable bonds is 3. The monoisotopic (exact) mass is 394 g/mol. The van der Waals surface area contributed by atoms with Crippen LogP contribution in [0.2, 0.25) is 5.02 Å². The van der Waals surface area contributed by atoms with Gasteiger partial charge in [0.2, 0.25) is 11.8 Å². The van der Waals surface area contributed by atoms with E-state index in [0.29, 0.717) is 34.8 Å². The van der Waals surface area contributed by atoms with Crippen molar-refractivity contribution in [3.8, 4) is 0 Å². The molecule has 1 saturated heterocycles. The SMILES string of the molecule is CC1=CC[C@H]2C(=O)N(c3ccc(C(=O)Nc4ccc(Cl)cc4)cc3)C(=O)[C@H]2C1. The Morgan fingerprint density at radius 3 is 2.32 bits per heavy atom. The number of nitrogens with one attached hydrogen (secondary N) is 1. The second-order valence-electron chi connectivity index (χ2n) is 7.22. The van der Waals surface area contributed by atoms with E-state index in [0.717, 1.165) is 5.57 Å². The molecule has 1 heterocycles. The first-order chi connectivity index (χ1) is 13.4. The van der Waals surface area contributed by atoms with E-state index < -0.39 is 0 Å². The molecule has 1 fully saturated rings. The molecular weight excluding hydrogens is 376 g/mol. The molecule has 2 atom stereocenters. The predicted octanol–water partition coefficient (Wildman–Crippen LogP) is 4.44. The Bertz CT molecular complexity index is 980. The first kappa shape index (κ1) is 18.4. The minimum absolute atomic E-state index is 0.152. The van der Waals surface area contributed by atoms with E-state index in [4.69, 9.17) is 11.6 Å². The molecule has 6 heteroatoms. The summed E-state index contributed by atoms with van der Waals surface area (Å²) in [6.45, 7) is 1.99. The van der Waals surface area contributed by atoms with Crippen molar-refractivity contribution < 1.29 is 14.4 Å². The fourth-order valence-electron chi connectivity index (χ4n) is 3.79. The van der Waals surface area contributed by atoms with Gasteiger partial charge in [0.25, 0.3) is 5.91 Å². The van der Waals surface area contributed by atoms with Crippen LogP contribution in [0, 0.1) is 11.8 Å². The predicted molar refractivity (Wildman–Crippen MR) is 108 cm³/mol. The van der Waals surface area contributed by atoms with Gasteiger partial charge in [-0.3, -0.25) is 19.3 Å². The number of benzene rings is 2. The maximum absolute atomic E-state index is 12.8. The van der Waals surface area contributed by atoms with Crippen molar-refractivity contribution in [2.45, 2.75) is 19.8 Å². The molecule has 0 radical (unpaired) electrons. The Morgan fingerprint density at radius 1 is 1.00 bits per heavy atom. The molecular formula is C22H19ClN2O3. The van der Waals surface area contributed by atoms with E-state index >= 15 is 0 Å². The van der Waals surface area contributed by atoms with Crippen LogP contribution in [0.3, 0.4) is 0 Å². The fourth-order valence-corrected chi connectivity index (χ4v) is 3.92. The summed E-state index contributed by atoms with van der Waals surface area (Å²) in [5.41, 5.74) is 2.73. The summed E-state index contributed by atoms with van der Waals surface area (Å²) in [4.78, 5) is 39.2. The number of allylic oxidation sites excluding steroid dienone is 2. The number of hydrogen-bond donors (Lipinski definition) is 1. The molecule has 0 saturated carbocycles. The molecule has 1 aliphatic heterocycles. The van der Waals surface area contributed by atoms with Gasteiger partial charge in [0, 0.05) is 16.3 Å². The second-order valence-corrected chi connectivity index (χ2v) is 7.66. The molecule has 4 rings (SSSR count). The van der Waals surface area contributed by atoms with Crippen LogP contribution >= 0.6 is 11.6 Å². The molecule has 3 amide bonds. The molecule has 5 nitrogen and oxygen atoms in total. The van der Waals surface area contributed by atoms with Crippen molar-refractivity contribution in [3.05, 3.63) is 70.8 Å². The van der Waals surface area contributed by atoms with Crippen LogP contribution in [0.1, 0.15) is 30.1 Å². The molecule has 2 aromatic rings. The van der Waals surface area contributed by atoms with Gasteiger partial charge in [0.1, 0.15) is 0 Å². The summed E-state index contributed by atoms with van der Waals surface area (Å²) >= 11 is 5.85. The number of amides is 3. The number of carbonyl (C=O) groups is 3. The van der Waals surface area contributed by atoms with Crippen molar-refractivity contribution >= 4 is 40.7 Å². The number of imide groups is 1. The van der Waals surface area contributed by atoms with E-state index in [1.165, 1.54) is 4.90 Å². The summed E-state index contributed by atoms with van der Waals surface area (Å²) < 4.78 is 0. The zero-order valence-electron chi connectivity index (χ0n) is 15.3. The highest BCUT2D eigenvalue weighted by Crippen LogP contribution is 2.39. The highest BCUT2D eigenvalue weighted by molar-refractivity contribution is 6.30. The van der Waals surface area contributed by atoms with Crippen LogP contribution in [-0.4, -0.2) is 17.7 Å². The third-order valence-corrected chi connectivity index (χ3v) is 5.56. The number of nitrogens with zero attached hydrogens (tertiary/aromatic N) is 1. The van der Waals surface area contributed by atoms with Gasteiger partial charge in [-0.15, -0.1) is 0 Å². The van der Waals surface area contributed by atoms with Crippen molar-refractivity contribution in [1.29, 1.82) is 0 Å². The molecule has 142 valence electrons. The lowest BCUT2D eigenvalue weighted by molar-refractivity contribution is -0.122. The molecule has 0 bridgehead atoms. The molecule has 1 aliphatic carbocycles. The molecule has 2 aliphatic rings.